The third-order valence-corrected chi connectivity index (χ3v) is 7.19. The Morgan fingerprint density at radius 2 is 1.71 bits per heavy atom. The van der Waals surface area contributed by atoms with Crippen molar-refractivity contribution in [1.29, 1.82) is 0 Å². The molecule has 1 heterocycles. The maximum atomic E-state index is 12.8. The van der Waals surface area contributed by atoms with Gasteiger partial charge in [-0.15, -0.1) is 0 Å². The Balaban J connectivity index is 1.52. The summed E-state index contributed by atoms with van der Waals surface area (Å²) in [6, 6.07) is 10.8. The number of rotatable bonds is 7. The molecule has 5 nitrogen and oxygen atoms in total. The van der Waals surface area contributed by atoms with Crippen LogP contribution in [-0.2, 0) is 19.9 Å². The molecule has 2 aliphatic rings. The molecule has 0 N–H and O–H groups in total. The van der Waals surface area contributed by atoms with Gasteiger partial charge in [0.05, 0.1) is 0 Å². The van der Waals surface area contributed by atoms with Gasteiger partial charge in [0.2, 0.25) is 5.91 Å². The number of unbranched alkanes of at least 4 members (excludes halogenated alkanes) is 1. The molecular formula is C26H40N2O3. The van der Waals surface area contributed by atoms with Gasteiger partial charge in [0, 0.05) is 31.5 Å². The maximum Gasteiger partial charge on any atom is 0.306 e. The molecule has 0 aromatic heterocycles. The number of benzene rings is 1. The van der Waals surface area contributed by atoms with Gasteiger partial charge in [-0.1, -0.05) is 30.3 Å². The van der Waals surface area contributed by atoms with E-state index >= 15 is 0 Å². The van der Waals surface area contributed by atoms with Crippen LogP contribution in [0.15, 0.2) is 30.3 Å². The first-order chi connectivity index (χ1) is 14.6. The molecule has 0 atom stereocenters. The number of nitrogens with zero attached hydrogens (tertiary/aromatic N) is 2. The predicted molar refractivity (Wildman–Crippen MR) is 124 cm³/mol. The number of esters is 1. The molecule has 31 heavy (non-hydrogen) atoms. The molecule has 1 aliphatic heterocycles. The van der Waals surface area contributed by atoms with Crippen molar-refractivity contribution >= 4 is 11.9 Å². The highest BCUT2D eigenvalue weighted by Crippen LogP contribution is 2.52. The van der Waals surface area contributed by atoms with Crippen LogP contribution in [0.1, 0.15) is 77.7 Å². The summed E-state index contributed by atoms with van der Waals surface area (Å²) in [6.07, 6.45) is 7.06. The highest BCUT2D eigenvalue weighted by atomic mass is 16.6. The first-order valence-corrected chi connectivity index (χ1v) is 11.8. The van der Waals surface area contributed by atoms with Crippen molar-refractivity contribution in [3.05, 3.63) is 35.9 Å². The average Bonchev–Trinajstić information content (AvgIpc) is 3.00. The molecule has 1 saturated heterocycles. The van der Waals surface area contributed by atoms with Gasteiger partial charge in [-0.3, -0.25) is 14.5 Å². The summed E-state index contributed by atoms with van der Waals surface area (Å²) in [6.45, 7) is 7.29. The summed E-state index contributed by atoms with van der Waals surface area (Å²) in [5, 5.41) is 0. The van der Waals surface area contributed by atoms with Crippen LogP contribution in [-0.4, -0.2) is 54.5 Å². The molecule has 0 radical (unpaired) electrons. The Hall–Kier alpha value is -1.88. The summed E-state index contributed by atoms with van der Waals surface area (Å²) in [5.74, 6) is 0.138. The lowest BCUT2D eigenvalue weighted by molar-refractivity contribution is -0.154. The molecule has 1 aromatic rings. The maximum absolute atomic E-state index is 12.8. The minimum Gasteiger partial charge on any atom is -0.460 e. The number of likely N-dealkylation sites (tertiary alicyclic amines) is 1. The van der Waals surface area contributed by atoms with Crippen LogP contribution >= 0.6 is 0 Å². The van der Waals surface area contributed by atoms with E-state index in [1.54, 1.807) is 0 Å². The van der Waals surface area contributed by atoms with Gasteiger partial charge in [0.25, 0.3) is 0 Å². The van der Waals surface area contributed by atoms with E-state index in [1.165, 1.54) is 5.56 Å². The molecule has 1 spiro atoms. The summed E-state index contributed by atoms with van der Waals surface area (Å²) in [5.41, 5.74) is 1.14. The number of amides is 1. The average molecular weight is 429 g/mol. The number of ether oxygens (including phenoxy) is 1. The molecule has 5 heteroatoms. The second kappa shape index (κ2) is 9.32. The Bertz CT molecular complexity index is 759. The van der Waals surface area contributed by atoms with Crippen molar-refractivity contribution in [2.75, 3.05) is 27.2 Å². The minimum absolute atomic E-state index is 0.0659. The van der Waals surface area contributed by atoms with Gasteiger partial charge in [-0.05, 0) is 84.4 Å². The van der Waals surface area contributed by atoms with Gasteiger partial charge in [0.1, 0.15) is 5.60 Å². The zero-order valence-electron chi connectivity index (χ0n) is 20.1. The molecule has 1 aromatic carbocycles. The lowest BCUT2D eigenvalue weighted by Gasteiger charge is -2.48. The van der Waals surface area contributed by atoms with Gasteiger partial charge in [-0.25, -0.2) is 0 Å². The van der Waals surface area contributed by atoms with Crippen LogP contribution in [0.25, 0.3) is 0 Å². The number of carbonyl (C=O) groups excluding carboxylic acids is 2. The van der Waals surface area contributed by atoms with E-state index in [0.717, 1.165) is 51.6 Å². The fourth-order valence-electron chi connectivity index (χ4n) is 5.42. The monoisotopic (exact) mass is 428 g/mol. The van der Waals surface area contributed by atoms with Gasteiger partial charge in [0.15, 0.2) is 0 Å². The second-order valence-corrected chi connectivity index (χ2v) is 10.8. The number of carbonyl (C=O) groups is 2. The third kappa shape index (κ3) is 5.68. The zero-order chi connectivity index (χ0) is 22.7. The standard InChI is InChI=1S/C26H40N2O3/c1-24(2,3)31-23(30)13-9-10-18-28-20-25(19-22(28)29)14-16-26(17-15-25,27(4)5)21-11-7-6-8-12-21/h6-8,11-12H,9-10,13-20H2,1-5H3. The molecule has 1 aliphatic carbocycles. The first-order valence-electron chi connectivity index (χ1n) is 11.8. The van der Waals surface area contributed by atoms with Crippen molar-refractivity contribution < 1.29 is 14.3 Å². The van der Waals surface area contributed by atoms with E-state index in [4.69, 9.17) is 4.74 Å². The van der Waals surface area contributed by atoms with Crippen molar-refractivity contribution in [3.63, 3.8) is 0 Å². The van der Waals surface area contributed by atoms with Crippen molar-refractivity contribution in [2.24, 2.45) is 5.41 Å². The lowest BCUT2D eigenvalue weighted by Crippen LogP contribution is -2.47. The highest BCUT2D eigenvalue weighted by Gasteiger charge is 2.49. The van der Waals surface area contributed by atoms with Gasteiger partial charge in [-0.2, -0.15) is 0 Å². The summed E-state index contributed by atoms with van der Waals surface area (Å²) in [7, 11) is 4.36. The van der Waals surface area contributed by atoms with Crippen LogP contribution in [0.2, 0.25) is 0 Å². The Morgan fingerprint density at radius 1 is 1.06 bits per heavy atom. The summed E-state index contributed by atoms with van der Waals surface area (Å²) < 4.78 is 5.37. The van der Waals surface area contributed by atoms with Crippen molar-refractivity contribution in [2.45, 2.75) is 83.3 Å². The topological polar surface area (TPSA) is 49.9 Å². The van der Waals surface area contributed by atoms with Gasteiger partial charge < -0.3 is 9.64 Å². The number of hydrogen-bond acceptors (Lipinski definition) is 4. The summed E-state index contributed by atoms with van der Waals surface area (Å²) >= 11 is 0. The normalized spacial score (nSPS) is 26.6. The van der Waals surface area contributed by atoms with Crippen molar-refractivity contribution in [3.8, 4) is 0 Å². The van der Waals surface area contributed by atoms with Crippen LogP contribution < -0.4 is 0 Å². The Kier molecular flexibility index (Phi) is 7.14. The van der Waals surface area contributed by atoms with Crippen LogP contribution in [0.5, 0.6) is 0 Å². The van der Waals surface area contributed by atoms with E-state index in [1.807, 2.05) is 25.7 Å². The minimum atomic E-state index is -0.434. The largest absolute Gasteiger partial charge is 0.460 e. The Labute approximate surface area is 188 Å². The van der Waals surface area contributed by atoms with Crippen LogP contribution in [0.4, 0.5) is 0 Å². The second-order valence-electron chi connectivity index (χ2n) is 10.8. The first kappa shape index (κ1) is 23.8. The lowest BCUT2D eigenvalue weighted by atomic mass is 9.64. The van der Waals surface area contributed by atoms with Crippen molar-refractivity contribution in [1.82, 2.24) is 9.80 Å². The van der Waals surface area contributed by atoms with E-state index in [-0.39, 0.29) is 22.8 Å². The van der Waals surface area contributed by atoms with E-state index in [0.29, 0.717) is 12.8 Å². The van der Waals surface area contributed by atoms with Crippen LogP contribution in [0.3, 0.4) is 0 Å². The highest BCUT2D eigenvalue weighted by molar-refractivity contribution is 5.79. The van der Waals surface area contributed by atoms with Gasteiger partial charge >= 0.3 is 5.97 Å². The van der Waals surface area contributed by atoms with Crippen LogP contribution in [0, 0.1) is 5.41 Å². The van der Waals surface area contributed by atoms with E-state index in [9.17, 15) is 9.59 Å². The third-order valence-electron chi connectivity index (χ3n) is 7.19. The SMILES string of the molecule is CN(C)C1(c2ccccc2)CCC2(CC1)CC(=O)N(CCCCC(=O)OC(C)(C)C)C2. The molecule has 0 unspecified atom stereocenters. The smallest absolute Gasteiger partial charge is 0.306 e. The molecule has 0 bridgehead atoms. The fraction of sp³-hybridized carbons (Fsp3) is 0.692. The Morgan fingerprint density at radius 3 is 2.29 bits per heavy atom. The molecule has 3 rings (SSSR count). The zero-order valence-corrected chi connectivity index (χ0v) is 20.1. The molecular weight excluding hydrogens is 388 g/mol. The molecule has 172 valence electrons. The molecule has 1 saturated carbocycles. The fourth-order valence-corrected chi connectivity index (χ4v) is 5.42. The summed E-state index contributed by atoms with van der Waals surface area (Å²) in [4.78, 5) is 29.1. The molecule has 1 amide bonds. The van der Waals surface area contributed by atoms with E-state index < -0.39 is 5.60 Å². The predicted octanol–water partition coefficient (Wildman–Crippen LogP) is 4.75. The number of hydrogen-bond donors (Lipinski definition) is 0. The van der Waals surface area contributed by atoms with E-state index in [2.05, 4.69) is 49.3 Å². The molecule has 2 fully saturated rings. The quantitative estimate of drug-likeness (QED) is 0.465.